The fourth-order valence-corrected chi connectivity index (χ4v) is 6.63. The lowest BCUT2D eigenvalue weighted by atomic mass is 9.33. The lowest BCUT2D eigenvalue weighted by molar-refractivity contribution is 0.890. The third kappa shape index (κ3) is 3.96. The summed E-state index contributed by atoms with van der Waals surface area (Å²) >= 11 is 0. The van der Waals surface area contributed by atoms with Crippen LogP contribution in [0.1, 0.15) is 39.5 Å². The smallest absolute Gasteiger partial charge is 0.252 e. The average molecular weight is 504 g/mol. The van der Waals surface area contributed by atoms with Crippen molar-refractivity contribution in [3.8, 4) is 0 Å². The van der Waals surface area contributed by atoms with E-state index in [1.807, 2.05) is 0 Å². The number of hydrogen-bond donors (Lipinski definition) is 0. The summed E-state index contributed by atoms with van der Waals surface area (Å²) in [6.07, 6.45) is 22.1. The Bertz CT molecular complexity index is 1650. The first-order valence-electron chi connectivity index (χ1n) is 14.2. The predicted octanol–water partition coefficient (Wildman–Crippen LogP) is 7.47. The standard InChI is InChI=1S/C36H33BN2/c1-26-14-7-8-16-28(25-24-26)38-32-20-11-9-17-29(32)37-30-18-10-12-21-33(30)39(35-23-13-22-34(38)36(35)37)31-19-6-4-3-5-15-27(31)2/h3-4,6-14,16-23H,5,15,24-25H2,1-2H3/b4-3-,8-7-,19-6-,26-14+,28-16+,31-27-. The van der Waals surface area contributed by atoms with E-state index in [9.17, 15) is 0 Å². The SMILES string of the molecule is C\C1=C(N2c3ccccc3B3c4ccccc4N(/C4=C/C=C\C=C(/C)CC4)c4cccc2c43)/C=C\C=C/CC1. The van der Waals surface area contributed by atoms with Gasteiger partial charge in [-0.25, -0.2) is 0 Å². The molecule has 0 fully saturated rings. The molecule has 0 radical (unpaired) electrons. The Morgan fingerprint density at radius 2 is 1.28 bits per heavy atom. The van der Waals surface area contributed by atoms with Crippen LogP contribution in [0.2, 0.25) is 0 Å². The number of hydrogen-bond acceptors (Lipinski definition) is 2. The molecule has 0 unspecified atom stereocenters. The van der Waals surface area contributed by atoms with Gasteiger partial charge in [-0.15, -0.1) is 0 Å². The fraction of sp³-hybridized carbons (Fsp3) is 0.167. The number of benzene rings is 3. The summed E-state index contributed by atoms with van der Waals surface area (Å²) in [4.78, 5) is 5.07. The van der Waals surface area contributed by atoms with Crippen molar-refractivity contribution in [3.05, 3.63) is 138 Å². The third-order valence-corrected chi connectivity index (χ3v) is 8.52. The number of rotatable bonds is 2. The molecule has 0 aromatic heterocycles. The monoisotopic (exact) mass is 504 g/mol. The molecule has 0 atom stereocenters. The molecule has 7 rings (SSSR count). The molecule has 3 aromatic carbocycles. The van der Waals surface area contributed by atoms with E-state index in [1.165, 1.54) is 61.7 Å². The molecule has 190 valence electrons. The molecule has 0 bridgehead atoms. The second-order valence-electron chi connectivity index (χ2n) is 11.0. The molecule has 0 amide bonds. The average Bonchev–Trinajstić information content (AvgIpc) is 2.94. The van der Waals surface area contributed by atoms with Crippen LogP contribution in [-0.2, 0) is 0 Å². The highest BCUT2D eigenvalue weighted by molar-refractivity contribution is 7.00. The number of allylic oxidation sites excluding steroid dienone is 11. The highest BCUT2D eigenvalue weighted by Gasteiger charge is 2.43. The maximum absolute atomic E-state index is 2.54. The second kappa shape index (κ2) is 9.82. The Balaban J connectivity index is 1.50. The number of para-hydroxylation sites is 2. The number of fused-ring (bicyclic) bond motifs is 4. The van der Waals surface area contributed by atoms with Crippen LogP contribution in [0.25, 0.3) is 0 Å². The van der Waals surface area contributed by atoms with Crippen molar-refractivity contribution in [1.29, 1.82) is 0 Å². The third-order valence-electron chi connectivity index (χ3n) is 8.52. The van der Waals surface area contributed by atoms with Gasteiger partial charge < -0.3 is 9.80 Å². The molecule has 0 N–H and O–H groups in total. The molecule has 3 aromatic rings. The molecule has 0 spiro atoms. The van der Waals surface area contributed by atoms with Crippen molar-refractivity contribution in [2.24, 2.45) is 0 Å². The maximum atomic E-state index is 2.54. The molecule has 0 saturated carbocycles. The van der Waals surface area contributed by atoms with Crippen LogP contribution in [0.15, 0.2) is 138 Å². The summed E-state index contributed by atoms with van der Waals surface area (Å²) < 4.78 is 0. The first kappa shape index (κ1) is 23.9. The van der Waals surface area contributed by atoms with Gasteiger partial charge >= 0.3 is 0 Å². The zero-order valence-electron chi connectivity index (χ0n) is 22.8. The van der Waals surface area contributed by atoms with E-state index in [0.717, 1.165) is 25.7 Å². The molecular formula is C36H33BN2. The summed E-state index contributed by atoms with van der Waals surface area (Å²) in [6.45, 7) is 4.73. The molecular weight excluding hydrogens is 471 g/mol. The quantitative estimate of drug-likeness (QED) is 0.334. The number of nitrogens with zero attached hydrogens (tertiary/aromatic N) is 2. The first-order chi connectivity index (χ1) is 19.2. The van der Waals surface area contributed by atoms with E-state index >= 15 is 0 Å². The van der Waals surface area contributed by atoms with E-state index in [1.54, 1.807) is 0 Å². The minimum atomic E-state index is 0.195. The topological polar surface area (TPSA) is 6.48 Å². The van der Waals surface area contributed by atoms with Crippen molar-refractivity contribution in [1.82, 2.24) is 0 Å². The van der Waals surface area contributed by atoms with Gasteiger partial charge in [-0.3, -0.25) is 0 Å². The molecule has 3 heteroatoms. The minimum Gasteiger partial charge on any atom is -0.315 e. The van der Waals surface area contributed by atoms with E-state index < -0.39 is 0 Å². The van der Waals surface area contributed by atoms with Gasteiger partial charge in [0, 0.05) is 34.1 Å². The Hall–Kier alpha value is -4.24. The van der Waals surface area contributed by atoms with Crippen LogP contribution in [-0.4, -0.2) is 6.71 Å². The lowest BCUT2D eigenvalue weighted by Crippen LogP contribution is -2.62. The fourth-order valence-electron chi connectivity index (χ4n) is 6.63. The highest BCUT2D eigenvalue weighted by Crippen LogP contribution is 2.42. The first-order valence-corrected chi connectivity index (χ1v) is 14.2. The van der Waals surface area contributed by atoms with Gasteiger partial charge in [0.2, 0.25) is 0 Å². The Kier molecular flexibility index (Phi) is 6.00. The van der Waals surface area contributed by atoms with Gasteiger partial charge in [-0.05, 0) is 97.9 Å². The molecule has 4 aliphatic rings. The molecule has 2 heterocycles. The summed E-state index contributed by atoms with van der Waals surface area (Å²) in [6, 6.07) is 25.0. The summed E-state index contributed by atoms with van der Waals surface area (Å²) in [5, 5.41) is 0. The van der Waals surface area contributed by atoms with Gasteiger partial charge in [-0.1, -0.05) is 84.5 Å². The van der Waals surface area contributed by atoms with Crippen LogP contribution >= 0.6 is 0 Å². The Labute approximate surface area is 232 Å². The maximum Gasteiger partial charge on any atom is 0.252 e. The van der Waals surface area contributed by atoms with Crippen LogP contribution < -0.4 is 26.2 Å². The van der Waals surface area contributed by atoms with Crippen LogP contribution in [0.5, 0.6) is 0 Å². The Morgan fingerprint density at radius 1 is 0.615 bits per heavy atom. The summed E-state index contributed by atoms with van der Waals surface area (Å²) in [5.74, 6) is 0. The second-order valence-corrected chi connectivity index (χ2v) is 11.0. The Morgan fingerprint density at radius 3 is 2.08 bits per heavy atom. The van der Waals surface area contributed by atoms with E-state index in [4.69, 9.17) is 0 Å². The van der Waals surface area contributed by atoms with Crippen LogP contribution in [0, 0.1) is 0 Å². The summed E-state index contributed by atoms with van der Waals surface area (Å²) in [5.41, 5.74) is 14.8. The van der Waals surface area contributed by atoms with Crippen LogP contribution in [0.4, 0.5) is 22.7 Å². The zero-order valence-corrected chi connectivity index (χ0v) is 22.8. The molecule has 2 nitrogen and oxygen atoms in total. The highest BCUT2D eigenvalue weighted by atomic mass is 15.2. The van der Waals surface area contributed by atoms with E-state index in [2.05, 4.69) is 139 Å². The minimum absolute atomic E-state index is 0.195. The summed E-state index contributed by atoms with van der Waals surface area (Å²) in [7, 11) is 0. The predicted molar refractivity (Wildman–Crippen MR) is 169 cm³/mol. The van der Waals surface area contributed by atoms with Gasteiger partial charge in [0.15, 0.2) is 0 Å². The van der Waals surface area contributed by atoms with Crippen molar-refractivity contribution in [2.75, 3.05) is 9.80 Å². The van der Waals surface area contributed by atoms with Gasteiger partial charge in [0.05, 0.1) is 0 Å². The van der Waals surface area contributed by atoms with Gasteiger partial charge in [0.1, 0.15) is 0 Å². The van der Waals surface area contributed by atoms with Crippen molar-refractivity contribution in [3.63, 3.8) is 0 Å². The number of anilines is 4. The van der Waals surface area contributed by atoms with Crippen molar-refractivity contribution >= 4 is 45.9 Å². The molecule has 2 aliphatic carbocycles. The van der Waals surface area contributed by atoms with E-state index in [-0.39, 0.29) is 6.71 Å². The van der Waals surface area contributed by atoms with Gasteiger partial charge in [-0.2, -0.15) is 0 Å². The van der Waals surface area contributed by atoms with Crippen LogP contribution in [0.3, 0.4) is 0 Å². The zero-order chi connectivity index (χ0) is 26.3. The van der Waals surface area contributed by atoms with Gasteiger partial charge in [0.25, 0.3) is 6.71 Å². The molecule has 2 aliphatic heterocycles. The van der Waals surface area contributed by atoms with E-state index in [0.29, 0.717) is 0 Å². The molecule has 39 heavy (non-hydrogen) atoms. The largest absolute Gasteiger partial charge is 0.315 e. The normalized spacial score (nSPS) is 24.8. The lowest BCUT2D eigenvalue weighted by Gasteiger charge is -2.45. The van der Waals surface area contributed by atoms with Crippen molar-refractivity contribution < 1.29 is 0 Å². The molecule has 0 saturated heterocycles. The van der Waals surface area contributed by atoms with Crippen molar-refractivity contribution in [2.45, 2.75) is 39.5 Å².